The minimum atomic E-state index is -0.725. The first-order valence-electron chi connectivity index (χ1n) is 10.2. The van der Waals surface area contributed by atoms with E-state index in [0.717, 1.165) is 42.6 Å². The number of carbonyl (C=O) groups excluding carboxylic acids is 2. The van der Waals surface area contributed by atoms with E-state index in [2.05, 4.69) is 0 Å². The number of amidine groups is 1. The number of piperidine rings is 1. The van der Waals surface area contributed by atoms with Crippen molar-refractivity contribution in [1.82, 2.24) is 9.80 Å². The van der Waals surface area contributed by atoms with Crippen LogP contribution >= 0.6 is 0 Å². The summed E-state index contributed by atoms with van der Waals surface area (Å²) >= 11 is 0. The van der Waals surface area contributed by atoms with Gasteiger partial charge in [0.15, 0.2) is 0 Å². The van der Waals surface area contributed by atoms with Crippen LogP contribution in [-0.4, -0.2) is 47.1 Å². The Morgan fingerprint density at radius 2 is 2.00 bits per heavy atom. The van der Waals surface area contributed by atoms with Crippen molar-refractivity contribution in [3.05, 3.63) is 48.4 Å². The van der Waals surface area contributed by atoms with E-state index in [-0.39, 0.29) is 11.8 Å². The molecular formula is C23H27N3O3. The Balaban J connectivity index is 1.50. The molecule has 29 heavy (non-hydrogen) atoms. The highest BCUT2D eigenvalue weighted by Crippen LogP contribution is 2.38. The number of hydrogen-bond acceptors (Lipinski definition) is 4. The molecule has 2 amide bonds. The van der Waals surface area contributed by atoms with Gasteiger partial charge in [0.2, 0.25) is 11.8 Å². The minimum absolute atomic E-state index is 0.000779. The van der Waals surface area contributed by atoms with Crippen LogP contribution in [0.2, 0.25) is 0 Å². The van der Waals surface area contributed by atoms with Crippen LogP contribution in [0.1, 0.15) is 38.7 Å². The van der Waals surface area contributed by atoms with Crippen molar-refractivity contribution in [2.75, 3.05) is 19.6 Å². The molecule has 4 rings (SSSR count). The molecule has 0 spiro atoms. The summed E-state index contributed by atoms with van der Waals surface area (Å²) in [5.74, 6) is 0.828. The number of nitrogens with zero attached hydrogens (tertiary/aromatic N) is 2. The summed E-state index contributed by atoms with van der Waals surface area (Å²) in [7, 11) is 0. The normalized spacial score (nSPS) is 23.1. The van der Waals surface area contributed by atoms with E-state index < -0.39 is 5.41 Å². The van der Waals surface area contributed by atoms with Crippen LogP contribution in [0.5, 0.6) is 0 Å². The minimum Gasteiger partial charge on any atom is -0.472 e. The average molecular weight is 393 g/mol. The molecule has 1 atom stereocenters. The summed E-state index contributed by atoms with van der Waals surface area (Å²) in [5, 5.41) is 8.49. The molecule has 1 aromatic carbocycles. The van der Waals surface area contributed by atoms with Gasteiger partial charge in [0.1, 0.15) is 5.84 Å². The third-order valence-electron chi connectivity index (χ3n) is 6.42. The van der Waals surface area contributed by atoms with Crippen molar-refractivity contribution in [2.24, 2.45) is 5.92 Å². The molecule has 0 radical (unpaired) electrons. The molecule has 0 bridgehead atoms. The van der Waals surface area contributed by atoms with Crippen LogP contribution in [0.15, 0.2) is 47.3 Å². The SMILES string of the molecule is CC(=O)N1CCC(CN2C(=N)CC(C)(c3cccc(-c4ccoc4)c3)C2=O)CC1. The van der Waals surface area contributed by atoms with Crippen molar-refractivity contribution >= 4 is 17.6 Å². The molecule has 2 fully saturated rings. The zero-order valence-electron chi connectivity index (χ0n) is 17.0. The third kappa shape index (κ3) is 3.59. The molecule has 2 aromatic rings. The number of furan rings is 1. The predicted molar refractivity (Wildman–Crippen MR) is 111 cm³/mol. The fourth-order valence-corrected chi connectivity index (χ4v) is 4.50. The quantitative estimate of drug-likeness (QED) is 0.861. The number of rotatable bonds is 4. The van der Waals surface area contributed by atoms with Gasteiger partial charge in [-0.2, -0.15) is 0 Å². The van der Waals surface area contributed by atoms with Crippen molar-refractivity contribution in [1.29, 1.82) is 5.41 Å². The highest BCUT2D eigenvalue weighted by atomic mass is 16.3. The first-order chi connectivity index (χ1) is 13.9. The highest BCUT2D eigenvalue weighted by Gasteiger charge is 2.48. The number of benzene rings is 1. The van der Waals surface area contributed by atoms with E-state index >= 15 is 0 Å². The largest absolute Gasteiger partial charge is 0.472 e. The second kappa shape index (κ2) is 7.50. The maximum absolute atomic E-state index is 13.4. The number of hydrogen-bond donors (Lipinski definition) is 1. The van der Waals surface area contributed by atoms with Crippen molar-refractivity contribution in [2.45, 2.75) is 38.5 Å². The lowest BCUT2D eigenvalue weighted by Crippen LogP contribution is -2.43. The van der Waals surface area contributed by atoms with Crippen LogP contribution in [0.3, 0.4) is 0 Å². The van der Waals surface area contributed by atoms with Crippen LogP contribution in [0.25, 0.3) is 11.1 Å². The maximum Gasteiger partial charge on any atom is 0.238 e. The number of amides is 2. The van der Waals surface area contributed by atoms with Gasteiger partial charge in [0.25, 0.3) is 0 Å². The average Bonchev–Trinajstić information content (AvgIpc) is 3.33. The summed E-state index contributed by atoms with van der Waals surface area (Å²) in [6.45, 7) is 5.58. The van der Waals surface area contributed by atoms with Gasteiger partial charge in [-0.25, -0.2) is 0 Å². The maximum atomic E-state index is 13.4. The van der Waals surface area contributed by atoms with Gasteiger partial charge >= 0.3 is 0 Å². The van der Waals surface area contributed by atoms with Gasteiger partial charge in [-0.3, -0.25) is 19.9 Å². The zero-order chi connectivity index (χ0) is 20.6. The van der Waals surface area contributed by atoms with Crippen molar-refractivity contribution < 1.29 is 14.0 Å². The Bertz CT molecular complexity index is 929. The first-order valence-corrected chi connectivity index (χ1v) is 10.2. The van der Waals surface area contributed by atoms with Gasteiger partial charge < -0.3 is 9.32 Å². The molecule has 2 aliphatic rings. The monoisotopic (exact) mass is 393 g/mol. The topological polar surface area (TPSA) is 77.6 Å². The predicted octanol–water partition coefficient (Wildman–Crippen LogP) is 3.67. The van der Waals surface area contributed by atoms with Crippen molar-refractivity contribution in [3.8, 4) is 11.1 Å². The van der Waals surface area contributed by atoms with Gasteiger partial charge in [-0.05, 0) is 48.9 Å². The molecule has 3 heterocycles. The van der Waals surface area contributed by atoms with Gasteiger partial charge in [-0.15, -0.1) is 0 Å². The Kier molecular flexibility index (Phi) is 5.03. The van der Waals surface area contributed by atoms with E-state index in [0.29, 0.717) is 24.7 Å². The molecule has 1 N–H and O–H groups in total. The fourth-order valence-electron chi connectivity index (χ4n) is 4.50. The second-order valence-corrected chi connectivity index (χ2v) is 8.41. The first kappa shape index (κ1) is 19.4. The summed E-state index contributed by atoms with van der Waals surface area (Å²) in [6, 6.07) is 9.87. The molecule has 0 saturated carbocycles. The Labute approximate surface area is 171 Å². The van der Waals surface area contributed by atoms with Crippen LogP contribution in [0.4, 0.5) is 0 Å². The molecule has 2 saturated heterocycles. The summed E-state index contributed by atoms with van der Waals surface area (Å²) in [4.78, 5) is 28.4. The van der Waals surface area contributed by atoms with Gasteiger partial charge in [0.05, 0.1) is 17.9 Å². The summed E-state index contributed by atoms with van der Waals surface area (Å²) in [6.07, 6.45) is 5.50. The smallest absolute Gasteiger partial charge is 0.238 e. The Hall–Kier alpha value is -2.89. The van der Waals surface area contributed by atoms with Crippen LogP contribution in [-0.2, 0) is 15.0 Å². The Morgan fingerprint density at radius 1 is 1.24 bits per heavy atom. The number of nitrogens with one attached hydrogen (secondary N) is 1. The summed E-state index contributed by atoms with van der Waals surface area (Å²) in [5.41, 5.74) is 2.19. The molecule has 152 valence electrons. The third-order valence-corrected chi connectivity index (χ3v) is 6.42. The van der Waals surface area contributed by atoms with Crippen molar-refractivity contribution in [3.63, 3.8) is 0 Å². The second-order valence-electron chi connectivity index (χ2n) is 8.41. The van der Waals surface area contributed by atoms with Crippen LogP contribution < -0.4 is 0 Å². The van der Waals surface area contributed by atoms with E-state index in [4.69, 9.17) is 9.83 Å². The molecule has 6 heteroatoms. The lowest BCUT2D eigenvalue weighted by atomic mass is 9.80. The van der Waals surface area contributed by atoms with E-state index in [1.807, 2.05) is 42.2 Å². The number of likely N-dealkylation sites (tertiary alicyclic amines) is 2. The standard InChI is InChI=1S/C23H27N3O3/c1-16(27)25-9-6-17(7-10-25)14-26-21(24)13-23(2,22(26)28)20-5-3-4-18(12-20)19-8-11-29-15-19/h3-5,8,11-12,15,17,24H,6-7,9-10,13-14H2,1-2H3. The molecule has 1 aromatic heterocycles. The lowest BCUT2D eigenvalue weighted by molar-refractivity contribution is -0.133. The summed E-state index contributed by atoms with van der Waals surface area (Å²) < 4.78 is 5.19. The lowest BCUT2D eigenvalue weighted by Gasteiger charge is -2.33. The molecule has 0 aliphatic carbocycles. The molecule has 2 aliphatic heterocycles. The molecular weight excluding hydrogens is 366 g/mol. The molecule has 1 unspecified atom stereocenters. The Morgan fingerprint density at radius 3 is 2.66 bits per heavy atom. The van der Waals surface area contributed by atoms with E-state index in [1.165, 1.54) is 0 Å². The van der Waals surface area contributed by atoms with E-state index in [9.17, 15) is 9.59 Å². The zero-order valence-corrected chi connectivity index (χ0v) is 17.0. The highest BCUT2D eigenvalue weighted by molar-refractivity contribution is 6.10. The van der Waals surface area contributed by atoms with E-state index in [1.54, 1.807) is 24.3 Å². The van der Waals surface area contributed by atoms with Gasteiger partial charge in [0, 0.05) is 38.5 Å². The van der Waals surface area contributed by atoms with Gasteiger partial charge in [-0.1, -0.05) is 18.2 Å². The van der Waals surface area contributed by atoms with Crippen LogP contribution in [0, 0.1) is 11.3 Å². The number of carbonyl (C=O) groups is 2. The fraction of sp³-hybridized carbons (Fsp3) is 0.435. The molecule has 6 nitrogen and oxygen atoms in total.